The summed E-state index contributed by atoms with van der Waals surface area (Å²) in [6.07, 6.45) is 9.73. The molecule has 1 fully saturated rings. The Bertz CT molecular complexity index is 662. The van der Waals surface area contributed by atoms with E-state index in [1.807, 2.05) is 11.1 Å². The second kappa shape index (κ2) is 5.59. The molecule has 116 valence electrons. The highest BCUT2D eigenvalue weighted by atomic mass is 16.5. The summed E-state index contributed by atoms with van der Waals surface area (Å²) in [5.74, 6) is 2.19. The first kappa shape index (κ1) is 13.5. The predicted molar refractivity (Wildman–Crippen MR) is 79.6 cm³/mol. The molecule has 0 spiro atoms. The second-order valence-electron chi connectivity index (χ2n) is 6.20. The molecule has 1 amide bonds. The summed E-state index contributed by atoms with van der Waals surface area (Å²) < 4.78 is 5.38. The van der Waals surface area contributed by atoms with E-state index in [0.29, 0.717) is 12.2 Å². The van der Waals surface area contributed by atoms with Gasteiger partial charge in [-0.1, -0.05) is 5.16 Å². The van der Waals surface area contributed by atoms with Gasteiger partial charge in [0.25, 0.3) is 5.91 Å². The number of hydrogen-bond donors (Lipinski definition) is 1. The van der Waals surface area contributed by atoms with Crippen LogP contribution in [-0.4, -0.2) is 39.0 Å². The number of aromatic nitrogens is 3. The van der Waals surface area contributed by atoms with Crippen LogP contribution >= 0.6 is 0 Å². The van der Waals surface area contributed by atoms with E-state index in [4.69, 9.17) is 4.52 Å². The molecule has 0 radical (unpaired) electrons. The second-order valence-corrected chi connectivity index (χ2v) is 6.20. The van der Waals surface area contributed by atoms with Gasteiger partial charge in [0.05, 0.1) is 0 Å². The average Bonchev–Trinajstić information content (AvgIpc) is 3.24. The van der Waals surface area contributed by atoms with Gasteiger partial charge in [-0.2, -0.15) is 0 Å². The van der Waals surface area contributed by atoms with Crippen molar-refractivity contribution in [2.45, 2.75) is 44.4 Å². The van der Waals surface area contributed by atoms with E-state index >= 15 is 0 Å². The smallest absolute Gasteiger partial charge is 0.276 e. The molecule has 1 atom stereocenters. The van der Waals surface area contributed by atoms with Crippen LogP contribution in [0.5, 0.6) is 0 Å². The van der Waals surface area contributed by atoms with Crippen molar-refractivity contribution in [1.82, 2.24) is 20.0 Å². The lowest BCUT2D eigenvalue weighted by molar-refractivity contribution is 0.0693. The van der Waals surface area contributed by atoms with Crippen molar-refractivity contribution in [3.05, 3.63) is 35.2 Å². The van der Waals surface area contributed by atoms with Crippen LogP contribution in [0.2, 0.25) is 0 Å². The number of carbonyl (C=O) groups excluding carboxylic acids is 1. The number of likely N-dealkylation sites (tertiary alicyclic amines) is 1. The maximum absolute atomic E-state index is 12.8. The van der Waals surface area contributed by atoms with Gasteiger partial charge in [0.1, 0.15) is 11.6 Å². The molecular formula is C16H20N4O2. The number of amides is 1. The lowest BCUT2D eigenvalue weighted by atomic mass is 9.94. The highest BCUT2D eigenvalue weighted by Gasteiger charge is 2.31. The summed E-state index contributed by atoms with van der Waals surface area (Å²) in [5.41, 5.74) is 1.58. The van der Waals surface area contributed by atoms with E-state index in [1.54, 1.807) is 6.20 Å². The lowest BCUT2D eigenvalue weighted by Gasteiger charge is -2.31. The number of H-pyrrole nitrogens is 1. The van der Waals surface area contributed by atoms with Gasteiger partial charge in [0.15, 0.2) is 5.69 Å². The number of fused-ring (bicyclic) bond motifs is 1. The van der Waals surface area contributed by atoms with Crippen molar-refractivity contribution >= 4 is 5.91 Å². The number of rotatable bonds is 2. The number of carbonyl (C=O) groups is 1. The monoisotopic (exact) mass is 300 g/mol. The van der Waals surface area contributed by atoms with Crippen molar-refractivity contribution < 1.29 is 9.32 Å². The van der Waals surface area contributed by atoms with Crippen molar-refractivity contribution in [3.63, 3.8) is 0 Å². The van der Waals surface area contributed by atoms with Crippen molar-refractivity contribution in [1.29, 1.82) is 0 Å². The van der Waals surface area contributed by atoms with Crippen molar-refractivity contribution in [2.75, 3.05) is 13.1 Å². The molecule has 0 aromatic carbocycles. The molecule has 1 aliphatic carbocycles. The number of imidazole rings is 1. The summed E-state index contributed by atoms with van der Waals surface area (Å²) in [7, 11) is 0. The molecule has 4 rings (SSSR count). The number of nitrogens with zero attached hydrogens (tertiary/aromatic N) is 3. The van der Waals surface area contributed by atoms with Crippen LogP contribution in [0.25, 0.3) is 0 Å². The van der Waals surface area contributed by atoms with Crippen LogP contribution in [-0.2, 0) is 12.8 Å². The molecular weight excluding hydrogens is 280 g/mol. The van der Waals surface area contributed by atoms with E-state index in [0.717, 1.165) is 62.2 Å². The molecule has 0 bridgehead atoms. The van der Waals surface area contributed by atoms with Gasteiger partial charge < -0.3 is 14.4 Å². The SMILES string of the molecule is O=C(c1noc2c1CCCC2)N1CCC[C@H](c2ncc[nH]2)C1. The first-order chi connectivity index (χ1) is 10.8. The quantitative estimate of drug-likeness (QED) is 0.923. The Balaban J connectivity index is 1.54. The summed E-state index contributed by atoms with van der Waals surface area (Å²) in [5, 5.41) is 4.07. The molecule has 22 heavy (non-hydrogen) atoms. The summed E-state index contributed by atoms with van der Waals surface area (Å²) in [6.45, 7) is 1.49. The molecule has 0 unspecified atom stereocenters. The van der Waals surface area contributed by atoms with E-state index < -0.39 is 0 Å². The van der Waals surface area contributed by atoms with E-state index in [-0.39, 0.29) is 11.8 Å². The first-order valence-corrected chi connectivity index (χ1v) is 8.09. The zero-order valence-electron chi connectivity index (χ0n) is 12.5. The largest absolute Gasteiger partial charge is 0.360 e. The van der Waals surface area contributed by atoms with Gasteiger partial charge in [-0.15, -0.1) is 0 Å². The number of aryl methyl sites for hydroxylation is 1. The van der Waals surface area contributed by atoms with Gasteiger partial charge in [-0.3, -0.25) is 4.79 Å². The minimum atomic E-state index is 0.0168. The summed E-state index contributed by atoms with van der Waals surface area (Å²) in [6, 6.07) is 0. The Morgan fingerprint density at radius 2 is 2.23 bits per heavy atom. The fourth-order valence-electron chi connectivity index (χ4n) is 3.59. The highest BCUT2D eigenvalue weighted by Crippen LogP contribution is 2.28. The normalized spacial score (nSPS) is 21.6. The third-order valence-corrected chi connectivity index (χ3v) is 4.77. The van der Waals surface area contributed by atoms with E-state index in [2.05, 4.69) is 15.1 Å². The molecule has 2 aromatic heterocycles. The van der Waals surface area contributed by atoms with Gasteiger partial charge in [-0.05, 0) is 32.1 Å². The summed E-state index contributed by atoms with van der Waals surface area (Å²) >= 11 is 0. The minimum absolute atomic E-state index is 0.0168. The number of piperidine rings is 1. The molecule has 6 heteroatoms. The molecule has 6 nitrogen and oxygen atoms in total. The molecule has 1 saturated heterocycles. The van der Waals surface area contributed by atoms with Gasteiger partial charge in [0, 0.05) is 43.4 Å². The van der Waals surface area contributed by atoms with Gasteiger partial charge in [-0.25, -0.2) is 4.98 Å². The van der Waals surface area contributed by atoms with E-state index in [9.17, 15) is 4.79 Å². The number of nitrogens with one attached hydrogen (secondary N) is 1. The summed E-state index contributed by atoms with van der Waals surface area (Å²) in [4.78, 5) is 22.2. The number of aromatic amines is 1. The Morgan fingerprint density at radius 1 is 1.32 bits per heavy atom. The fourth-order valence-corrected chi connectivity index (χ4v) is 3.59. The Kier molecular flexibility index (Phi) is 3.44. The van der Waals surface area contributed by atoms with E-state index in [1.165, 1.54) is 0 Å². The third-order valence-electron chi connectivity index (χ3n) is 4.77. The Labute approximate surface area is 128 Å². The van der Waals surface area contributed by atoms with Crippen LogP contribution in [0.4, 0.5) is 0 Å². The van der Waals surface area contributed by atoms with Gasteiger partial charge in [0.2, 0.25) is 0 Å². The molecule has 2 aromatic rings. The average molecular weight is 300 g/mol. The zero-order chi connectivity index (χ0) is 14.9. The number of hydrogen-bond acceptors (Lipinski definition) is 4. The fraction of sp³-hybridized carbons (Fsp3) is 0.562. The van der Waals surface area contributed by atoms with Crippen molar-refractivity contribution in [3.8, 4) is 0 Å². The molecule has 1 aliphatic heterocycles. The standard InChI is InChI=1S/C16H20N4O2/c21-16(14-12-5-1-2-6-13(12)22-19-14)20-9-3-4-11(10-20)15-17-7-8-18-15/h7-8,11H,1-6,9-10H2,(H,17,18)/t11-/m0/s1. The lowest BCUT2D eigenvalue weighted by Crippen LogP contribution is -2.40. The van der Waals surface area contributed by atoms with Crippen LogP contribution in [0, 0.1) is 0 Å². The maximum Gasteiger partial charge on any atom is 0.276 e. The van der Waals surface area contributed by atoms with Gasteiger partial charge >= 0.3 is 0 Å². The van der Waals surface area contributed by atoms with Crippen LogP contribution in [0.3, 0.4) is 0 Å². The molecule has 3 heterocycles. The minimum Gasteiger partial charge on any atom is -0.360 e. The maximum atomic E-state index is 12.8. The Morgan fingerprint density at radius 3 is 3.09 bits per heavy atom. The molecule has 0 saturated carbocycles. The van der Waals surface area contributed by atoms with Crippen molar-refractivity contribution in [2.24, 2.45) is 0 Å². The van der Waals surface area contributed by atoms with Crippen LogP contribution in [0.15, 0.2) is 16.9 Å². The zero-order valence-corrected chi connectivity index (χ0v) is 12.5. The molecule has 2 aliphatic rings. The molecule has 1 N–H and O–H groups in total. The topological polar surface area (TPSA) is 75.0 Å². The van der Waals surface area contributed by atoms with Crippen LogP contribution < -0.4 is 0 Å². The predicted octanol–water partition coefficient (Wildman–Crippen LogP) is 2.30. The first-order valence-electron chi connectivity index (χ1n) is 8.09. The Hall–Kier alpha value is -2.11. The highest BCUT2D eigenvalue weighted by molar-refractivity contribution is 5.94. The van der Waals surface area contributed by atoms with Crippen LogP contribution in [0.1, 0.15) is 59.2 Å². The third kappa shape index (κ3) is 2.32.